The number of halogens is 2. The zero-order valence-corrected chi connectivity index (χ0v) is 17.0. The largest absolute Gasteiger partial charge is 0.505 e. The first-order chi connectivity index (χ1) is 13.4. The molecule has 0 saturated heterocycles. The van der Waals surface area contributed by atoms with Gasteiger partial charge in [0.2, 0.25) is 5.95 Å². The van der Waals surface area contributed by atoms with Crippen molar-refractivity contribution in [3.63, 3.8) is 0 Å². The van der Waals surface area contributed by atoms with E-state index in [1.165, 1.54) is 0 Å². The van der Waals surface area contributed by atoms with Crippen molar-refractivity contribution in [1.82, 2.24) is 19.9 Å². The Labute approximate surface area is 173 Å². The fourth-order valence-electron chi connectivity index (χ4n) is 2.44. The number of hydrogen-bond acceptors (Lipinski definition) is 7. The smallest absolute Gasteiger partial charge is 0.225 e. The Balaban J connectivity index is 1.92. The van der Waals surface area contributed by atoms with Crippen LogP contribution in [-0.4, -0.2) is 52.1 Å². The molecular weight excluding hydrogens is 399 g/mol. The van der Waals surface area contributed by atoms with Crippen molar-refractivity contribution in [1.29, 1.82) is 0 Å². The summed E-state index contributed by atoms with van der Waals surface area (Å²) in [7, 11) is 4.00. The number of hydrogen-bond donors (Lipinski definition) is 3. The number of nitrogens with zero attached hydrogens (tertiary/aromatic N) is 4. The monoisotopic (exact) mass is 418 g/mol. The average Bonchev–Trinajstić information content (AvgIpc) is 2.66. The van der Waals surface area contributed by atoms with Crippen LogP contribution in [0.2, 0.25) is 10.0 Å². The van der Waals surface area contributed by atoms with E-state index >= 15 is 0 Å². The van der Waals surface area contributed by atoms with E-state index in [0.29, 0.717) is 24.0 Å². The van der Waals surface area contributed by atoms with Gasteiger partial charge in [0.25, 0.3) is 0 Å². The summed E-state index contributed by atoms with van der Waals surface area (Å²) < 4.78 is 0. The Hall–Kier alpha value is -2.61. The van der Waals surface area contributed by atoms with Gasteiger partial charge >= 0.3 is 0 Å². The fourth-order valence-corrected chi connectivity index (χ4v) is 2.92. The number of aromatic hydroxyl groups is 1. The molecule has 0 unspecified atom stereocenters. The van der Waals surface area contributed by atoms with E-state index in [0.717, 1.165) is 17.8 Å². The lowest BCUT2D eigenvalue weighted by Crippen LogP contribution is -2.21. The highest BCUT2D eigenvalue weighted by Gasteiger charge is 2.10. The summed E-state index contributed by atoms with van der Waals surface area (Å²) in [5.74, 6) is 0.904. The van der Waals surface area contributed by atoms with Crippen LogP contribution in [0.5, 0.6) is 5.75 Å². The van der Waals surface area contributed by atoms with Crippen LogP contribution in [0.25, 0.3) is 11.3 Å². The molecule has 0 amide bonds. The number of phenols is 1. The molecule has 0 bridgehead atoms. The van der Waals surface area contributed by atoms with Gasteiger partial charge in [0, 0.05) is 42.8 Å². The van der Waals surface area contributed by atoms with Crippen LogP contribution >= 0.6 is 23.2 Å². The summed E-state index contributed by atoms with van der Waals surface area (Å²) in [5, 5.41) is 16.4. The van der Waals surface area contributed by atoms with E-state index in [-0.39, 0.29) is 15.8 Å². The van der Waals surface area contributed by atoms with E-state index in [9.17, 15) is 5.11 Å². The number of phenolic OH excluding ortho intramolecular Hbond substituents is 1. The maximum Gasteiger partial charge on any atom is 0.225 e. The quantitative estimate of drug-likeness (QED) is 0.493. The Bertz CT molecular complexity index is 929. The molecule has 2 heterocycles. The van der Waals surface area contributed by atoms with Crippen molar-refractivity contribution in [2.24, 2.45) is 0 Å². The Kier molecular flexibility index (Phi) is 6.51. The lowest BCUT2D eigenvalue weighted by molar-refractivity contribution is 0.425. The summed E-state index contributed by atoms with van der Waals surface area (Å²) >= 11 is 12.0. The Morgan fingerprint density at radius 2 is 1.71 bits per heavy atom. The highest BCUT2D eigenvalue weighted by atomic mass is 35.5. The van der Waals surface area contributed by atoms with Gasteiger partial charge in [-0.2, -0.15) is 4.98 Å². The molecule has 0 radical (unpaired) electrons. The van der Waals surface area contributed by atoms with Crippen LogP contribution in [0, 0.1) is 0 Å². The molecule has 146 valence electrons. The molecule has 0 aliphatic carbocycles. The van der Waals surface area contributed by atoms with Crippen LogP contribution in [-0.2, 0) is 0 Å². The number of rotatable bonds is 7. The fraction of sp³-hybridized carbons (Fsp3) is 0.211. The predicted octanol–water partition coefficient (Wildman–Crippen LogP) is 4.27. The summed E-state index contributed by atoms with van der Waals surface area (Å²) in [6.45, 7) is 1.54. The molecule has 3 aromatic rings. The highest BCUT2D eigenvalue weighted by molar-refractivity contribution is 6.37. The van der Waals surface area contributed by atoms with E-state index in [2.05, 4.69) is 30.5 Å². The van der Waals surface area contributed by atoms with Gasteiger partial charge in [0.1, 0.15) is 5.82 Å². The molecule has 3 N–H and O–H groups in total. The normalized spacial score (nSPS) is 10.9. The zero-order chi connectivity index (χ0) is 20.1. The third kappa shape index (κ3) is 5.22. The van der Waals surface area contributed by atoms with Crippen molar-refractivity contribution in [2.75, 3.05) is 37.8 Å². The lowest BCUT2D eigenvalue weighted by Gasteiger charge is -2.14. The maximum atomic E-state index is 9.74. The van der Waals surface area contributed by atoms with Crippen LogP contribution in [0.3, 0.4) is 0 Å². The van der Waals surface area contributed by atoms with Crippen LogP contribution < -0.4 is 10.6 Å². The molecule has 0 saturated carbocycles. The number of likely N-dealkylation sites (N-methyl/N-ethyl adjacent to an activating group) is 1. The molecule has 0 fully saturated rings. The van der Waals surface area contributed by atoms with Crippen molar-refractivity contribution in [3.8, 4) is 17.0 Å². The molecule has 2 aromatic heterocycles. The second-order valence-electron chi connectivity index (χ2n) is 6.34. The second kappa shape index (κ2) is 9.05. The average molecular weight is 419 g/mol. The first-order valence-electron chi connectivity index (χ1n) is 8.55. The van der Waals surface area contributed by atoms with Crippen molar-refractivity contribution in [3.05, 3.63) is 52.8 Å². The molecule has 1 aromatic carbocycles. The molecule has 3 rings (SSSR count). The Morgan fingerprint density at radius 3 is 2.36 bits per heavy atom. The minimum atomic E-state index is -0.153. The van der Waals surface area contributed by atoms with Gasteiger partial charge in [-0.25, -0.2) is 4.98 Å². The number of anilines is 3. The molecular formula is C19H20Cl2N6O. The van der Waals surface area contributed by atoms with Crippen molar-refractivity contribution >= 4 is 40.7 Å². The summed E-state index contributed by atoms with van der Waals surface area (Å²) in [6, 6.07) is 8.74. The first-order valence-corrected chi connectivity index (χ1v) is 9.31. The summed E-state index contributed by atoms with van der Waals surface area (Å²) in [6.07, 6.45) is 3.42. The minimum absolute atomic E-state index is 0.153. The summed E-state index contributed by atoms with van der Waals surface area (Å²) in [4.78, 5) is 15.2. The molecule has 0 aliphatic rings. The van der Waals surface area contributed by atoms with Crippen molar-refractivity contribution < 1.29 is 5.11 Å². The zero-order valence-electron chi connectivity index (χ0n) is 15.4. The standard InChI is InChI=1S/C19H20Cl2N6O/c1-27(2)8-7-23-19-25-16(12-3-5-22-6-4-12)11-17(26-19)24-13-9-14(20)18(28)15(21)10-13/h3-6,9-11,28H,7-8H2,1-2H3,(H2,23,24,25,26). The molecule has 28 heavy (non-hydrogen) atoms. The van der Waals surface area contributed by atoms with E-state index in [4.69, 9.17) is 23.2 Å². The number of pyridine rings is 1. The highest BCUT2D eigenvalue weighted by Crippen LogP contribution is 2.35. The molecule has 0 atom stereocenters. The van der Waals surface area contributed by atoms with E-state index < -0.39 is 0 Å². The molecule has 0 aliphatic heterocycles. The van der Waals surface area contributed by atoms with E-state index in [1.807, 2.05) is 32.3 Å². The number of aromatic nitrogens is 3. The topological polar surface area (TPSA) is 86.2 Å². The minimum Gasteiger partial charge on any atom is -0.505 e. The van der Waals surface area contributed by atoms with Crippen molar-refractivity contribution in [2.45, 2.75) is 0 Å². The maximum absolute atomic E-state index is 9.74. The van der Waals surface area contributed by atoms with Gasteiger partial charge < -0.3 is 20.6 Å². The third-order valence-electron chi connectivity index (χ3n) is 3.83. The molecule has 0 spiro atoms. The predicted molar refractivity (Wildman–Crippen MR) is 114 cm³/mol. The molecule has 7 nitrogen and oxygen atoms in total. The SMILES string of the molecule is CN(C)CCNc1nc(Nc2cc(Cl)c(O)c(Cl)c2)cc(-c2ccncc2)n1. The van der Waals surface area contributed by atoms with Gasteiger partial charge in [0.15, 0.2) is 5.75 Å². The van der Waals surface area contributed by atoms with Crippen LogP contribution in [0.1, 0.15) is 0 Å². The summed E-state index contributed by atoms with van der Waals surface area (Å²) in [5.41, 5.74) is 2.26. The first kappa shape index (κ1) is 20.1. The van der Waals surface area contributed by atoms with Gasteiger partial charge in [-0.3, -0.25) is 4.98 Å². The Morgan fingerprint density at radius 1 is 1.04 bits per heavy atom. The lowest BCUT2D eigenvalue weighted by atomic mass is 10.2. The number of benzene rings is 1. The van der Waals surface area contributed by atoms with Gasteiger partial charge in [-0.15, -0.1) is 0 Å². The van der Waals surface area contributed by atoms with Gasteiger partial charge in [0.05, 0.1) is 15.7 Å². The number of nitrogens with one attached hydrogen (secondary N) is 2. The van der Waals surface area contributed by atoms with Crippen LogP contribution in [0.4, 0.5) is 17.5 Å². The third-order valence-corrected chi connectivity index (χ3v) is 4.41. The molecule has 9 heteroatoms. The van der Waals surface area contributed by atoms with Crippen LogP contribution in [0.15, 0.2) is 42.7 Å². The second-order valence-corrected chi connectivity index (χ2v) is 7.16. The van der Waals surface area contributed by atoms with Gasteiger partial charge in [-0.1, -0.05) is 23.2 Å². The van der Waals surface area contributed by atoms with Gasteiger partial charge in [-0.05, 0) is 38.4 Å². The van der Waals surface area contributed by atoms with E-state index in [1.54, 1.807) is 24.5 Å².